The van der Waals surface area contributed by atoms with Crippen LogP contribution in [-0.4, -0.2) is 45.0 Å². The lowest BCUT2D eigenvalue weighted by Crippen LogP contribution is -2.47. The van der Waals surface area contributed by atoms with Crippen molar-refractivity contribution in [3.05, 3.63) is 60.2 Å². The molecule has 1 amide bonds. The summed E-state index contributed by atoms with van der Waals surface area (Å²) in [5.74, 6) is -0.847. The minimum Gasteiger partial charge on any atom is -0.483 e. The van der Waals surface area contributed by atoms with Crippen LogP contribution in [0.3, 0.4) is 0 Å². The highest BCUT2D eigenvalue weighted by Crippen LogP contribution is 2.35. The van der Waals surface area contributed by atoms with Gasteiger partial charge < -0.3 is 9.64 Å². The van der Waals surface area contributed by atoms with Gasteiger partial charge in [0.25, 0.3) is 5.91 Å². The molecule has 30 heavy (non-hydrogen) atoms. The Morgan fingerprint density at radius 3 is 2.27 bits per heavy atom. The minimum atomic E-state index is -4.58. The predicted octanol–water partition coefficient (Wildman–Crippen LogP) is 3.05. The van der Waals surface area contributed by atoms with E-state index in [1.807, 2.05) is 0 Å². The first kappa shape index (κ1) is 22.1. The van der Waals surface area contributed by atoms with E-state index in [1.54, 1.807) is 18.2 Å². The molecule has 0 saturated carbocycles. The molecular weight excluding hydrogens is 421 g/mol. The van der Waals surface area contributed by atoms with Crippen LogP contribution in [0.25, 0.3) is 0 Å². The van der Waals surface area contributed by atoms with Gasteiger partial charge in [0.15, 0.2) is 6.61 Å². The number of amides is 1. The molecule has 1 saturated heterocycles. The summed E-state index contributed by atoms with van der Waals surface area (Å²) >= 11 is 0. The van der Waals surface area contributed by atoms with E-state index in [4.69, 9.17) is 4.74 Å². The SMILES string of the molecule is O=C(COc1ccccc1C(F)(F)F)N1CCC(NS(=O)(=O)c2ccccc2)CC1. The van der Waals surface area contributed by atoms with Crippen molar-refractivity contribution < 1.29 is 31.1 Å². The fourth-order valence-corrected chi connectivity index (χ4v) is 4.52. The number of likely N-dealkylation sites (tertiary alicyclic amines) is 1. The smallest absolute Gasteiger partial charge is 0.419 e. The fraction of sp³-hybridized carbons (Fsp3) is 0.350. The van der Waals surface area contributed by atoms with Gasteiger partial charge in [0.05, 0.1) is 10.5 Å². The number of para-hydroxylation sites is 1. The highest BCUT2D eigenvalue weighted by atomic mass is 32.2. The van der Waals surface area contributed by atoms with Gasteiger partial charge in [0, 0.05) is 19.1 Å². The number of hydrogen-bond donors (Lipinski definition) is 1. The van der Waals surface area contributed by atoms with Crippen LogP contribution in [0.4, 0.5) is 13.2 Å². The molecule has 2 aromatic carbocycles. The van der Waals surface area contributed by atoms with E-state index in [2.05, 4.69) is 4.72 Å². The number of piperidine rings is 1. The third-order valence-electron chi connectivity index (χ3n) is 4.77. The Balaban J connectivity index is 1.52. The number of ether oxygens (including phenoxy) is 1. The van der Waals surface area contributed by atoms with Gasteiger partial charge in [0.1, 0.15) is 5.75 Å². The van der Waals surface area contributed by atoms with Gasteiger partial charge in [-0.3, -0.25) is 4.79 Å². The number of sulfonamides is 1. The number of carbonyl (C=O) groups is 1. The molecule has 1 N–H and O–H groups in total. The summed E-state index contributed by atoms with van der Waals surface area (Å²) in [6.07, 6.45) is -3.78. The van der Waals surface area contributed by atoms with Crippen LogP contribution < -0.4 is 9.46 Å². The summed E-state index contributed by atoms with van der Waals surface area (Å²) in [5.41, 5.74) is -0.938. The zero-order chi connectivity index (χ0) is 21.8. The van der Waals surface area contributed by atoms with Crippen molar-refractivity contribution in [2.24, 2.45) is 0 Å². The number of alkyl halides is 3. The van der Waals surface area contributed by atoms with Crippen LogP contribution >= 0.6 is 0 Å². The van der Waals surface area contributed by atoms with Crippen molar-refractivity contribution in [3.63, 3.8) is 0 Å². The number of carbonyl (C=O) groups excluding carboxylic acids is 1. The highest BCUT2D eigenvalue weighted by molar-refractivity contribution is 7.89. The second-order valence-corrected chi connectivity index (χ2v) is 8.59. The van der Waals surface area contributed by atoms with Crippen molar-refractivity contribution in [1.29, 1.82) is 0 Å². The maximum atomic E-state index is 13.0. The molecule has 162 valence electrons. The van der Waals surface area contributed by atoms with Crippen LogP contribution in [0, 0.1) is 0 Å². The minimum absolute atomic E-state index is 0.167. The third kappa shape index (κ3) is 5.51. The molecule has 0 unspecified atom stereocenters. The van der Waals surface area contributed by atoms with E-state index in [9.17, 15) is 26.4 Å². The number of benzene rings is 2. The Morgan fingerprint density at radius 1 is 1.03 bits per heavy atom. The van der Waals surface area contributed by atoms with Gasteiger partial charge in [-0.15, -0.1) is 0 Å². The number of rotatable bonds is 6. The van der Waals surface area contributed by atoms with Crippen molar-refractivity contribution in [2.45, 2.75) is 30.0 Å². The summed E-state index contributed by atoms with van der Waals surface area (Å²) in [7, 11) is -3.65. The molecule has 0 atom stereocenters. The van der Waals surface area contributed by atoms with Crippen LogP contribution in [0.1, 0.15) is 18.4 Å². The van der Waals surface area contributed by atoms with E-state index < -0.39 is 40.0 Å². The number of nitrogens with zero attached hydrogens (tertiary/aromatic N) is 1. The lowest BCUT2D eigenvalue weighted by molar-refractivity contribution is -0.141. The topological polar surface area (TPSA) is 75.7 Å². The maximum Gasteiger partial charge on any atom is 0.419 e. The molecule has 0 spiro atoms. The zero-order valence-electron chi connectivity index (χ0n) is 15.9. The number of nitrogens with one attached hydrogen (secondary N) is 1. The van der Waals surface area contributed by atoms with E-state index in [0.717, 1.165) is 6.07 Å². The molecule has 1 fully saturated rings. The summed E-state index contributed by atoms with van der Waals surface area (Å²) in [5, 5.41) is 0. The first-order valence-electron chi connectivity index (χ1n) is 9.31. The van der Waals surface area contributed by atoms with E-state index >= 15 is 0 Å². The van der Waals surface area contributed by atoms with Crippen molar-refractivity contribution in [3.8, 4) is 5.75 Å². The molecule has 2 aromatic rings. The third-order valence-corrected chi connectivity index (χ3v) is 6.30. The maximum absolute atomic E-state index is 13.0. The molecular formula is C20H21F3N2O4S. The van der Waals surface area contributed by atoms with E-state index in [1.165, 1.54) is 35.2 Å². The normalized spacial score (nSPS) is 15.8. The van der Waals surface area contributed by atoms with Gasteiger partial charge in [-0.25, -0.2) is 13.1 Å². The summed E-state index contributed by atoms with van der Waals surface area (Å²) in [6.45, 7) is 0.0453. The Kier molecular flexibility index (Phi) is 6.67. The number of halogens is 3. The molecule has 0 radical (unpaired) electrons. The molecule has 1 aliphatic rings. The van der Waals surface area contributed by atoms with E-state index in [0.29, 0.717) is 12.8 Å². The van der Waals surface area contributed by atoms with Gasteiger partial charge in [-0.2, -0.15) is 13.2 Å². The van der Waals surface area contributed by atoms with Crippen LogP contribution in [0.5, 0.6) is 5.75 Å². The summed E-state index contributed by atoms with van der Waals surface area (Å²) in [4.78, 5) is 14.0. The molecule has 1 aliphatic heterocycles. The molecule has 0 bridgehead atoms. The first-order valence-corrected chi connectivity index (χ1v) is 10.8. The predicted molar refractivity (Wildman–Crippen MR) is 103 cm³/mol. The van der Waals surface area contributed by atoms with Gasteiger partial charge in [0.2, 0.25) is 10.0 Å². The molecule has 0 aromatic heterocycles. The summed E-state index contributed by atoms with van der Waals surface area (Å²) < 4.78 is 71.5. The average Bonchev–Trinajstić information content (AvgIpc) is 2.72. The Bertz CT molecular complexity index is 973. The molecule has 0 aliphatic carbocycles. The van der Waals surface area contributed by atoms with Crippen molar-refractivity contribution in [1.82, 2.24) is 9.62 Å². The standard InChI is InChI=1S/C20H21F3N2O4S/c21-20(22,23)17-8-4-5-9-18(17)29-14-19(26)25-12-10-15(11-13-25)24-30(27,28)16-6-2-1-3-7-16/h1-9,15,24H,10-14H2. The largest absolute Gasteiger partial charge is 0.483 e. The monoisotopic (exact) mass is 442 g/mol. The summed E-state index contributed by atoms with van der Waals surface area (Å²) in [6, 6.07) is 12.4. The van der Waals surface area contributed by atoms with Gasteiger partial charge in [-0.1, -0.05) is 30.3 Å². The van der Waals surface area contributed by atoms with E-state index in [-0.39, 0.29) is 24.0 Å². The van der Waals surface area contributed by atoms with Crippen molar-refractivity contribution in [2.75, 3.05) is 19.7 Å². The second kappa shape index (κ2) is 9.05. The average molecular weight is 442 g/mol. The zero-order valence-corrected chi connectivity index (χ0v) is 16.7. The fourth-order valence-electron chi connectivity index (χ4n) is 3.19. The molecule has 3 rings (SSSR count). The molecule has 1 heterocycles. The lowest BCUT2D eigenvalue weighted by atomic mass is 10.1. The highest BCUT2D eigenvalue weighted by Gasteiger charge is 2.34. The first-order chi connectivity index (χ1) is 14.2. The Hall–Kier alpha value is -2.59. The Morgan fingerprint density at radius 2 is 1.63 bits per heavy atom. The number of hydrogen-bond acceptors (Lipinski definition) is 4. The van der Waals surface area contributed by atoms with Crippen LogP contribution in [-0.2, 0) is 21.0 Å². The quantitative estimate of drug-likeness (QED) is 0.746. The lowest BCUT2D eigenvalue weighted by Gasteiger charge is -2.32. The second-order valence-electron chi connectivity index (χ2n) is 6.87. The van der Waals surface area contributed by atoms with Crippen LogP contribution in [0.15, 0.2) is 59.5 Å². The van der Waals surface area contributed by atoms with Gasteiger partial charge >= 0.3 is 6.18 Å². The molecule has 10 heteroatoms. The van der Waals surface area contributed by atoms with Crippen molar-refractivity contribution >= 4 is 15.9 Å². The van der Waals surface area contributed by atoms with Gasteiger partial charge in [-0.05, 0) is 37.1 Å². The van der Waals surface area contributed by atoms with Crippen LogP contribution in [0.2, 0.25) is 0 Å². The molecule has 6 nitrogen and oxygen atoms in total. The Labute approximate surface area is 172 Å².